The van der Waals surface area contributed by atoms with Crippen molar-refractivity contribution in [3.63, 3.8) is 0 Å². The second kappa shape index (κ2) is 7.36. The number of carbonyl (C=O) groups excluding carboxylic acids is 2. The van der Waals surface area contributed by atoms with Gasteiger partial charge in [0.2, 0.25) is 0 Å². The van der Waals surface area contributed by atoms with Gasteiger partial charge >= 0.3 is 5.97 Å². The van der Waals surface area contributed by atoms with Gasteiger partial charge in [0.25, 0.3) is 6.43 Å². The fourth-order valence-corrected chi connectivity index (χ4v) is 4.04. The zero-order valence-corrected chi connectivity index (χ0v) is 17.4. The van der Waals surface area contributed by atoms with E-state index in [0.717, 1.165) is 24.0 Å². The first-order valence-corrected chi connectivity index (χ1v) is 9.68. The number of carbonyl (C=O) groups is 2. The summed E-state index contributed by atoms with van der Waals surface area (Å²) in [6, 6.07) is 9.06. The van der Waals surface area contributed by atoms with Crippen LogP contribution in [0.25, 0.3) is 0 Å². The summed E-state index contributed by atoms with van der Waals surface area (Å²) in [5, 5.41) is 0. The molecular formula is C24H26F2O3. The molecule has 0 saturated carbocycles. The smallest absolute Gasteiger partial charge is 0.337 e. The highest BCUT2D eigenvalue weighted by atomic mass is 19.3. The summed E-state index contributed by atoms with van der Waals surface area (Å²) in [7, 11) is 1.27. The van der Waals surface area contributed by atoms with Crippen molar-refractivity contribution in [3.8, 4) is 0 Å². The molecule has 0 aliphatic heterocycles. The number of hydrogen-bond donors (Lipinski definition) is 0. The molecule has 0 fully saturated rings. The van der Waals surface area contributed by atoms with Crippen LogP contribution in [0.4, 0.5) is 8.78 Å². The van der Waals surface area contributed by atoms with E-state index in [2.05, 4.69) is 32.4 Å². The lowest BCUT2D eigenvalue weighted by atomic mass is 9.62. The molecule has 0 atom stereocenters. The number of ketones is 1. The van der Waals surface area contributed by atoms with Gasteiger partial charge in [-0.15, -0.1) is 0 Å². The Morgan fingerprint density at radius 1 is 0.897 bits per heavy atom. The normalized spacial score (nSPS) is 17.0. The average Bonchev–Trinajstić information content (AvgIpc) is 2.69. The third-order valence-corrected chi connectivity index (χ3v) is 6.07. The lowest BCUT2D eigenvalue weighted by Gasteiger charge is -2.42. The maximum atomic E-state index is 13.9. The molecule has 0 N–H and O–H groups in total. The zero-order valence-electron chi connectivity index (χ0n) is 17.4. The molecule has 2 aromatic rings. The molecule has 1 aliphatic rings. The third-order valence-electron chi connectivity index (χ3n) is 6.07. The van der Waals surface area contributed by atoms with Gasteiger partial charge in [-0.25, -0.2) is 13.6 Å². The van der Waals surface area contributed by atoms with Crippen LogP contribution in [0.5, 0.6) is 0 Å². The van der Waals surface area contributed by atoms with E-state index < -0.39 is 18.2 Å². The van der Waals surface area contributed by atoms with Crippen molar-refractivity contribution in [2.75, 3.05) is 7.11 Å². The molecule has 0 heterocycles. The quantitative estimate of drug-likeness (QED) is 0.468. The molecule has 29 heavy (non-hydrogen) atoms. The number of benzene rings is 2. The standard InChI is InChI=1S/C24H26F2O3/c1-23(2)10-11-24(3,4)19-13-17(21(25)26)16(12-18(19)23)20(27)14-6-8-15(9-7-14)22(28)29-5/h6-9,12-13,21H,10-11H2,1-5H3. The highest BCUT2D eigenvalue weighted by Crippen LogP contribution is 2.47. The van der Waals surface area contributed by atoms with Crippen LogP contribution in [0.3, 0.4) is 0 Å². The Labute approximate surface area is 170 Å². The van der Waals surface area contributed by atoms with Crippen molar-refractivity contribution >= 4 is 11.8 Å². The van der Waals surface area contributed by atoms with Crippen LogP contribution in [0.2, 0.25) is 0 Å². The number of alkyl halides is 2. The first-order chi connectivity index (χ1) is 13.5. The summed E-state index contributed by atoms with van der Waals surface area (Å²) in [6.45, 7) is 8.29. The van der Waals surface area contributed by atoms with Gasteiger partial charge in [0.1, 0.15) is 0 Å². The van der Waals surface area contributed by atoms with Crippen LogP contribution in [-0.2, 0) is 15.6 Å². The molecule has 3 nitrogen and oxygen atoms in total. The SMILES string of the molecule is COC(=O)c1ccc(C(=O)c2cc3c(cc2C(F)F)C(C)(C)CCC3(C)C)cc1. The van der Waals surface area contributed by atoms with E-state index in [1.54, 1.807) is 6.07 Å². The van der Waals surface area contributed by atoms with E-state index in [9.17, 15) is 18.4 Å². The van der Waals surface area contributed by atoms with Gasteiger partial charge in [-0.3, -0.25) is 4.79 Å². The second-order valence-corrected chi connectivity index (χ2v) is 8.95. The predicted molar refractivity (Wildman–Crippen MR) is 108 cm³/mol. The highest BCUT2D eigenvalue weighted by Gasteiger charge is 2.39. The molecule has 0 amide bonds. The minimum absolute atomic E-state index is 0.0235. The molecule has 0 radical (unpaired) electrons. The molecule has 154 valence electrons. The summed E-state index contributed by atoms with van der Waals surface area (Å²) in [5.74, 6) is -0.992. The monoisotopic (exact) mass is 400 g/mol. The average molecular weight is 400 g/mol. The van der Waals surface area contributed by atoms with E-state index in [-0.39, 0.29) is 27.5 Å². The first kappa shape index (κ1) is 21.2. The summed E-state index contributed by atoms with van der Waals surface area (Å²) in [5.41, 5.74) is 1.76. The summed E-state index contributed by atoms with van der Waals surface area (Å²) < 4.78 is 32.5. The number of halogens is 2. The third kappa shape index (κ3) is 3.83. The van der Waals surface area contributed by atoms with Crippen LogP contribution in [-0.4, -0.2) is 18.9 Å². The topological polar surface area (TPSA) is 43.4 Å². The Morgan fingerprint density at radius 2 is 1.38 bits per heavy atom. The van der Waals surface area contributed by atoms with Gasteiger partial charge < -0.3 is 4.74 Å². The molecule has 3 rings (SSSR count). The number of rotatable bonds is 4. The molecule has 5 heteroatoms. The van der Waals surface area contributed by atoms with Gasteiger partial charge in [0.05, 0.1) is 12.7 Å². The molecule has 2 aromatic carbocycles. The van der Waals surface area contributed by atoms with Crippen molar-refractivity contribution in [2.45, 2.75) is 57.8 Å². The van der Waals surface area contributed by atoms with Crippen LogP contribution < -0.4 is 0 Å². The molecule has 0 aromatic heterocycles. The van der Waals surface area contributed by atoms with Crippen LogP contribution in [0, 0.1) is 0 Å². The van der Waals surface area contributed by atoms with Crippen molar-refractivity contribution < 1.29 is 23.1 Å². The Morgan fingerprint density at radius 3 is 1.86 bits per heavy atom. The Hall–Kier alpha value is -2.56. The molecule has 1 aliphatic carbocycles. The van der Waals surface area contributed by atoms with Crippen molar-refractivity contribution in [1.29, 1.82) is 0 Å². The van der Waals surface area contributed by atoms with Gasteiger partial charge in [0, 0.05) is 16.7 Å². The minimum atomic E-state index is -2.76. The fourth-order valence-electron chi connectivity index (χ4n) is 4.04. The summed E-state index contributed by atoms with van der Waals surface area (Å²) in [6.07, 6.45) is -0.935. The molecule has 0 bridgehead atoms. The van der Waals surface area contributed by atoms with Gasteiger partial charge in [0.15, 0.2) is 5.78 Å². The van der Waals surface area contributed by atoms with Crippen LogP contribution in [0.1, 0.15) is 89.9 Å². The highest BCUT2D eigenvalue weighted by molar-refractivity contribution is 6.10. The molecule has 0 saturated heterocycles. The fraction of sp³-hybridized carbons (Fsp3) is 0.417. The number of methoxy groups -OCH3 is 1. The lowest BCUT2D eigenvalue weighted by Crippen LogP contribution is -2.34. The van der Waals surface area contributed by atoms with Crippen molar-refractivity contribution in [2.24, 2.45) is 0 Å². The van der Waals surface area contributed by atoms with Gasteiger partial charge in [-0.1, -0.05) is 39.8 Å². The number of hydrogen-bond acceptors (Lipinski definition) is 3. The number of fused-ring (bicyclic) bond motifs is 1. The van der Waals surface area contributed by atoms with E-state index >= 15 is 0 Å². The Kier molecular flexibility index (Phi) is 5.37. The number of esters is 1. The largest absolute Gasteiger partial charge is 0.465 e. The molecular weight excluding hydrogens is 374 g/mol. The lowest BCUT2D eigenvalue weighted by molar-refractivity contribution is 0.0600. The van der Waals surface area contributed by atoms with E-state index in [1.807, 2.05) is 0 Å². The maximum Gasteiger partial charge on any atom is 0.337 e. The van der Waals surface area contributed by atoms with Gasteiger partial charge in [-0.2, -0.15) is 0 Å². The zero-order chi connectivity index (χ0) is 21.6. The first-order valence-electron chi connectivity index (χ1n) is 9.68. The van der Waals surface area contributed by atoms with Gasteiger partial charge in [-0.05, 0) is 59.1 Å². The summed E-state index contributed by atoms with van der Waals surface area (Å²) in [4.78, 5) is 24.7. The Bertz CT molecular complexity index is 957. The van der Waals surface area contributed by atoms with Crippen molar-refractivity contribution in [3.05, 3.63) is 69.8 Å². The summed E-state index contributed by atoms with van der Waals surface area (Å²) >= 11 is 0. The van der Waals surface area contributed by atoms with E-state index in [1.165, 1.54) is 37.4 Å². The second-order valence-electron chi connectivity index (χ2n) is 8.95. The predicted octanol–water partition coefficient (Wildman–Crippen LogP) is 5.99. The Balaban J connectivity index is 2.13. The molecule has 0 unspecified atom stereocenters. The van der Waals surface area contributed by atoms with Crippen LogP contribution >= 0.6 is 0 Å². The maximum absolute atomic E-state index is 13.9. The van der Waals surface area contributed by atoms with E-state index in [0.29, 0.717) is 5.56 Å². The van der Waals surface area contributed by atoms with Crippen LogP contribution in [0.15, 0.2) is 36.4 Å². The number of ether oxygens (including phenoxy) is 1. The van der Waals surface area contributed by atoms with Crippen molar-refractivity contribution in [1.82, 2.24) is 0 Å². The van der Waals surface area contributed by atoms with E-state index in [4.69, 9.17) is 0 Å². The molecule has 0 spiro atoms. The minimum Gasteiger partial charge on any atom is -0.465 e.